The van der Waals surface area contributed by atoms with E-state index in [9.17, 15) is 14.4 Å². The van der Waals surface area contributed by atoms with Crippen LogP contribution in [0.2, 0.25) is 5.02 Å². The number of pyridine rings is 1. The lowest BCUT2D eigenvalue weighted by atomic mass is 9.84. The Labute approximate surface area is 370 Å². The minimum Gasteiger partial charge on any atom is -0.480 e. The number of ether oxygens (including phenoxy) is 1. The SMILES string of the molecule is CC1CN(c2ncc(Cl)c(Nc3ccc4c(c3)c3c(c(=O)n4C)OCC(F)(F)C(C4CC4)N3)n2)CCC1CN1CCC(c2c(F)cc3c(C4CCC(=O)NC4=O)nn(C)c3c2F)CC1. The van der Waals surface area contributed by atoms with Crippen LogP contribution >= 0.6 is 11.6 Å². The van der Waals surface area contributed by atoms with Crippen LogP contribution in [0.5, 0.6) is 5.75 Å². The molecule has 10 rings (SSSR count). The highest BCUT2D eigenvalue weighted by Crippen LogP contribution is 2.46. The van der Waals surface area contributed by atoms with Crippen molar-refractivity contribution in [3.05, 3.63) is 68.7 Å². The van der Waals surface area contributed by atoms with Gasteiger partial charge >= 0.3 is 5.92 Å². The Kier molecular flexibility index (Phi) is 10.7. The van der Waals surface area contributed by atoms with E-state index in [0.717, 1.165) is 13.0 Å². The van der Waals surface area contributed by atoms with Gasteiger partial charge in [0, 0.05) is 62.2 Å². The fourth-order valence-corrected chi connectivity index (χ4v) is 10.5. The van der Waals surface area contributed by atoms with Crippen molar-refractivity contribution >= 4 is 68.4 Å². The summed E-state index contributed by atoms with van der Waals surface area (Å²) < 4.78 is 70.7. The van der Waals surface area contributed by atoms with Crippen molar-refractivity contribution in [3.8, 4) is 5.75 Å². The molecular formula is C45H49ClF4N10O4. The molecule has 1 aliphatic carbocycles. The van der Waals surface area contributed by atoms with Gasteiger partial charge in [-0.2, -0.15) is 10.1 Å². The number of halogens is 5. The number of alkyl halides is 2. The number of carbonyl (C=O) groups is 2. The maximum absolute atomic E-state index is 16.2. The predicted octanol–water partition coefficient (Wildman–Crippen LogP) is 6.97. The van der Waals surface area contributed by atoms with Gasteiger partial charge in [0.1, 0.15) is 16.4 Å². The molecule has 64 heavy (non-hydrogen) atoms. The van der Waals surface area contributed by atoms with E-state index in [2.05, 4.69) is 42.8 Å². The molecule has 7 heterocycles. The van der Waals surface area contributed by atoms with Crippen molar-refractivity contribution in [1.82, 2.24) is 34.5 Å². The largest absolute Gasteiger partial charge is 0.480 e. The van der Waals surface area contributed by atoms with E-state index in [1.54, 1.807) is 38.5 Å². The van der Waals surface area contributed by atoms with Crippen molar-refractivity contribution in [2.24, 2.45) is 31.8 Å². The molecule has 4 unspecified atom stereocenters. The Morgan fingerprint density at radius 3 is 2.52 bits per heavy atom. The smallest absolute Gasteiger partial charge is 0.301 e. The van der Waals surface area contributed by atoms with Crippen LogP contribution in [-0.4, -0.2) is 92.3 Å². The molecule has 0 spiro atoms. The highest BCUT2D eigenvalue weighted by atomic mass is 35.5. The summed E-state index contributed by atoms with van der Waals surface area (Å²) in [6, 6.07) is 5.46. The molecule has 3 aromatic heterocycles. The van der Waals surface area contributed by atoms with Crippen LogP contribution in [0.1, 0.15) is 75.0 Å². The summed E-state index contributed by atoms with van der Waals surface area (Å²) in [5, 5.41) is 14.1. The van der Waals surface area contributed by atoms with Crippen molar-refractivity contribution in [1.29, 1.82) is 0 Å². The number of piperidine rings is 3. The second-order valence-corrected chi connectivity index (χ2v) is 18.7. The lowest BCUT2D eigenvalue weighted by Crippen LogP contribution is -2.45. The molecule has 2 amide bonds. The first-order chi connectivity index (χ1) is 30.6. The Balaban J connectivity index is 0.791. The zero-order chi connectivity index (χ0) is 44.8. The highest BCUT2D eigenvalue weighted by Gasteiger charge is 2.51. The molecule has 14 nitrogen and oxygen atoms in total. The average Bonchev–Trinajstić information content (AvgIpc) is 4.06. The van der Waals surface area contributed by atoms with Crippen LogP contribution in [-0.2, 0) is 23.7 Å². The molecule has 2 aromatic carbocycles. The zero-order valence-corrected chi connectivity index (χ0v) is 36.5. The quantitative estimate of drug-likeness (QED) is 0.109. The van der Waals surface area contributed by atoms with Crippen LogP contribution in [0.3, 0.4) is 0 Å². The molecular weight excluding hydrogens is 856 g/mol. The van der Waals surface area contributed by atoms with Crippen LogP contribution in [0, 0.1) is 29.4 Å². The van der Waals surface area contributed by atoms with Crippen LogP contribution < -0.4 is 31.1 Å². The van der Waals surface area contributed by atoms with E-state index >= 15 is 17.6 Å². The number of amides is 2. The van der Waals surface area contributed by atoms with Gasteiger partial charge < -0.3 is 29.7 Å². The van der Waals surface area contributed by atoms with Gasteiger partial charge in [-0.1, -0.05) is 18.5 Å². The number of hydrogen-bond donors (Lipinski definition) is 3. The molecule has 338 valence electrons. The number of aromatic nitrogens is 5. The standard InChI is InChI=1S/C45H49ClF4N10O4/c1-22-19-60(15-12-25(22)20-59-13-10-23(11-14-59)34-31(47)17-29-36(56-58(3)38(29)35(34)48)27-7-9-33(61)53-42(27)62)44-51-18-30(46)41(55-44)52-26-6-8-32-28(16-26)37-39(43(63)57(32)2)64-21-45(49,50)40(54-37)24-4-5-24/h6,8,16-18,22-25,27,40,54H,4-5,7,9-15,19-21H2,1-3H3,(H,51,52,55)(H,53,61,62). The summed E-state index contributed by atoms with van der Waals surface area (Å²) in [5.41, 5.74) is 1.39. The summed E-state index contributed by atoms with van der Waals surface area (Å²) in [4.78, 5) is 51.5. The number of anilines is 4. The fraction of sp³-hybridized carbons (Fsp3) is 0.511. The van der Waals surface area contributed by atoms with Crippen molar-refractivity contribution in [2.75, 3.05) is 54.9 Å². The van der Waals surface area contributed by atoms with Gasteiger partial charge in [-0.05, 0) is 99.6 Å². The van der Waals surface area contributed by atoms with Crippen molar-refractivity contribution in [3.63, 3.8) is 0 Å². The molecule has 5 aromatic rings. The number of aryl methyl sites for hydroxylation is 2. The van der Waals surface area contributed by atoms with Gasteiger partial charge in [0.05, 0.1) is 35.1 Å². The molecule has 1 saturated carbocycles. The molecule has 4 aliphatic heterocycles. The molecule has 0 radical (unpaired) electrons. The third kappa shape index (κ3) is 7.59. The molecule has 4 atom stereocenters. The van der Waals surface area contributed by atoms with Crippen LogP contribution in [0.4, 0.5) is 40.7 Å². The maximum Gasteiger partial charge on any atom is 0.301 e. The summed E-state index contributed by atoms with van der Waals surface area (Å²) in [6.45, 7) is 5.00. The number of nitrogens with one attached hydrogen (secondary N) is 3. The van der Waals surface area contributed by atoms with Crippen molar-refractivity contribution in [2.45, 2.75) is 75.7 Å². The normalized spacial score (nSPS) is 24.3. The minimum absolute atomic E-state index is 0.0614. The number of benzene rings is 2. The van der Waals surface area contributed by atoms with Gasteiger partial charge in [-0.15, -0.1) is 0 Å². The topological polar surface area (TPSA) is 152 Å². The average molecular weight is 905 g/mol. The zero-order valence-electron chi connectivity index (χ0n) is 35.7. The molecule has 5 aliphatic rings. The Morgan fingerprint density at radius 2 is 1.78 bits per heavy atom. The Hall–Kier alpha value is -5.49. The van der Waals surface area contributed by atoms with E-state index in [4.69, 9.17) is 21.3 Å². The number of likely N-dealkylation sites (tertiary alicyclic amines) is 1. The van der Waals surface area contributed by atoms with Gasteiger partial charge in [0.2, 0.25) is 23.5 Å². The van der Waals surface area contributed by atoms with E-state index < -0.39 is 47.6 Å². The number of fused-ring (bicyclic) bond motifs is 4. The minimum atomic E-state index is -3.15. The number of rotatable bonds is 8. The van der Waals surface area contributed by atoms with E-state index in [0.29, 0.717) is 91.2 Å². The predicted molar refractivity (Wildman–Crippen MR) is 234 cm³/mol. The number of imide groups is 1. The first-order valence-corrected chi connectivity index (χ1v) is 22.4. The van der Waals surface area contributed by atoms with Crippen molar-refractivity contribution < 1.29 is 31.9 Å². The summed E-state index contributed by atoms with van der Waals surface area (Å²) in [6.07, 6.45) is 5.36. The van der Waals surface area contributed by atoms with E-state index in [1.165, 1.54) is 15.3 Å². The summed E-state index contributed by atoms with van der Waals surface area (Å²) in [7, 11) is 3.17. The first-order valence-electron chi connectivity index (χ1n) is 22.0. The van der Waals surface area contributed by atoms with E-state index in [-0.39, 0.29) is 70.1 Å². The second-order valence-electron chi connectivity index (χ2n) is 18.3. The number of hydrogen-bond acceptors (Lipinski definition) is 11. The third-order valence-electron chi connectivity index (χ3n) is 14.1. The molecule has 4 fully saturated rings. The maximum atomic E-state index is 16.2. The first kappa shape index (κ1) is 42.5. The monoisotopic (exact) mass is 904 g/mol. The van der Waals surface area contributed by atoms with Gasteiger partial charge in [-0.3, -0.25) is 24.4 Å². The lowest BCUT2D eigenvalue weighted by Gasteiger charge is -2.41. The Bertz CT molecular complexity index is 2770. The molecule has 3 saturated heterocycles. The lowest BCUT2D eigenvalue weighted by molar-refractivity contribution is -0.134. The molecule has 19 heteroatoms. The fourth-order valence-electron chi connectivity index (χ4n) is 10.4. The third-order valence-corrected chi connectivity index (χ3v) is 14.4. The highest BCUT2D eigenvalue weighted by molar-refractivity contribution is 6.33. The summed E-state index contributed by atoms with van der Waals surface area (Å²) >= 11 is 6.64. The van der Waals surface area contributed by atoms with Crippen LogP contribution in [0.25, 0.3) is 21.8 Å². The van der Waals surface area contributed by atoms with Gasteiger partial charge in [-0.25, -0.2) is 22.5 Å². The van der Waals surface area contributed by atoms with Gasteiger partial charge in [0.15, 0.2) is 18.2 Å². The van der Waals surface area contributed by atoms with E-state index in [1.807, 2.05) is 0 Å². The van der Waals surface area contributed by atoms with Crippen LogP contribution in [0.15, 0.2) is 35.3 Å². The number of nitrogens with zero attached hydrogens (tertiary/aromatic N) is 7. The molecule has 0 bridgehead atoms. The van der Waals surface area contributed by atoms with Gasteiger partial charge in [0.25, 0.3) is 5.56 Å². The summed E-state index contributed by atoms with van der Waals surface area (Å²) in [5.74, 6) is -5.17. The second kappa shape index (κ2) is 16.2. The number of carbonyl (C=O) groups excluding carboxylic acids is 2. The molecule has 3 N–H and O–H groups in total. The Morgan fingerprint density at radius 1 is 1.00 bits per heavy atom.